The maximum absolute atomic E-state index is 5.56. The van der Waals surface area contributed by atoms with Gasteiger partial charge in [-0.1, -0.05) is 29.3 Å². The lowest BCUT2D eigenvalue weighted by molar-refractivity contribution is 0.0791. The Balaban J connectivity index is 2.13. The number of halogens is 1. The first-order valence-corrected chi connectivity index (χ1v) is 6.15. The normalized spacial score (nSPS) is 13.0. The van der Waals surface area contributed by atoms with Crippen LogP contribution in [0.15, 0.2) is 22.8 Å². The zero-order valence-electron chi connectivity index (χ0n) is 8.54. The summed E-state index contributed by atoms with van der Waals surface area (Å²) in [4.78, 5) is 0. The summed E-state index contributed by atoms with van der Waals surface area (Å²) in [6.45, 7) is 3.59. The molecule has 0 saturated carbocycles. The van der Waals surface area contributed by atoms with Crippen LogP contribution in [-0.4, -0.2) is 11.9 Å². The lowest BCUT2D eigenvalue weighted by atomic mass is 10.1. The summed E-state index contributed by atoms with van der Waals surface area (Å²) in [5.74, 6) is 1.52. The molecule has 0 aromatic carbocycles. The summed E-state index contributed by atoms with van der Waals surface area (Å²) in [7, 11) is 0. The molecular weight excluding hydrogens is 244 g/mol. The topological polar surface area (TPSA) is 22.4 Å². The fourth-order valence-corrected chi connectivity index (χ4v) is 1.84. The molecule has 14 heavy (non-hydrogen) atoms. The Bertz CT molecular complexity index is 221. The fraction of sp³-hybridized carbons (Fsp3) is 0.636. The zero-order valence-corrected chi connectivity index (χ0v) is 10.1. The van der Waals surface area contributed by atoms with Crippen molar-refractivity contribution in [1.82, 2.24) is 0 Å². The van der Waals surface area contributed by atoms with Gasteiger partial charge in [-0.2, -0.15) is 0 Å². The van der Waals surface area contributed by atoms with Gasteiger partial charge in [0.1, 0.15) is 12.4 Å². The van der Waals surface area contributed by atoms with Crippen LogP contribution in [0.5, 0.6) is 0 Å². The second-order valence-electron chi connectivity index (χ2n) is 3.40. The van der Waals surface area contributed by atoms with E-state index in [1.54, 1.807) is 6.26 Å². The highest BCUT2D eigenvalue weighted by Gasteiger charge is 2.06. The molecule has 0 amide bonds. The Kier molecular flexibility index (Phi) is 5.96. The minimum atomic E-state index is 0.584. The van der Waals surface area contributed by atoms with E-state index < -0.39 is 0 Å². The van der Waals surface area contributed by atoms with Gasteiger partial charge in [-0.05, 0) is 24.5 Å². The predicted molar refractivity (Wildman–Crippen MR) is 60.6 cm³/mol. The summed E-state index contributed by atoms with van der Waals surface area (Å²) in [5, 5.41) is 1.01. The average Bonchev–Trinajstić information content (AvgIpc) is 2.69. The Morgan fingerprint density at radius 2 is 2.43 bits per heavy atom. The van der Waals surface area contributed by atoms with Crippen molar-refractivity contribution in [2.45, 2.75) is 26.4 Å². The van der Waals surface area contributed by atoms with Crippen molar-refractivity contribution in [3.8, 4) is 0 Å². The second-order valence-corrected chi connectivity index (χ2v) is 4.05. The van der Waals surface area contributed by atoms with Crippen LogP contribution in [0.3, 0.4) is 0 Å². The van der Waals surface area contributed by atoms with Crippen LogP contribution < -0.4 is 0 Å². The standard InChI is InChI=1S/C11H17BrO2/c1-2-4-10(7-12)8-13-9-11-5-3-6-14-11/h3,5-6,10H,2,4,7-9H2,1H3. The number of furan rings is 1. The number of rotatable bonds is 7. The largest absolute Gasteiger partial charge is 0.467 e. The van der Waals surface area contributed by atoms with Gasteiger partial charge in [-0.15, -0.1) is 0 Å². The zero-order chi connectivity index (χ0) is 10.2. The minimum absolute atomic E-state index is 0.584. The third-order valence-corrected chi connectivity index (χ3v) is 3.01. The molecule has 0 radical (unpaired) electrons. The van der Waals surface area contributed by atoms with E-state index in [4.69, 9.17) is 9.15 Å². The smallest absolute Gasteiger partial charge is 0.129 e. The van der Waals surface area contributed by atoms with Crippen LogP contribution in [-0.2, 0) is 11.3 Å². The van der Waals surface area contributed by atoms with Crippen molar-refractivity contribution in [2.24, 2.45) is 5.92 Å². The van der Waals surface area contributed by atoms with Crippen molar-refractivity contribution >= 4 is 15.9 Å². The van der Waals surface area contributed by atoms with Gasteiger partial charge in [0.25, 0.3) is 0 Å². The highest BCUT2D eigenvalue weighted by molar-refractivity contribution is 9.09. The fourth-order valence-electron chi connectivity index (χ4n) is 1.33. The quantitative estimate of drug-likeness (QED) is 0.699. The average molecular weight is 261 g/mol. The third kappa shape index (κ3) is 4.29. The molecule has 0 aliphatic heterocycles. The molecular formula is C11H17BrO2. The molecule has 0 saturated heterocycles. The molecule has 1 atom stereocenters. The van der Waals surface area contributed by atoms with Crippen molar-refractivity contribution in [2.75, 3.05) is 11.9 Å². The SMILES string of the molecule is CCCC(CBr)COCc1ccco1. The number of ether oxygens (including phenoxy) is 1. The lowest BCUT2D eigenvalue weighted by Crippen LogP contribution is -2.10. The maximum Gasteiger partial charge on any atom is 0.129 e. The van der Waals surface area contributed by atoms with Gasteiger partial charge in [0.05, 0.1) is 12.9 Å². The molecule has 0 fully saturated rings. The molecule has 1 aromatic rings. The Morgan fingerprint density at radius 3 is 3.00 bits per heavy atom. The monoisotopic (exact) mass is 260 g/mol. The Labute approximate surface area is 93.8 Å². The van der Waals surface area contributed by atoms with Gasteiger partial charge in [-0.25, -0.2) is 0 Å². The van der Waals surface area contributed by atoms with Crippen molar-refractivity contribution in [3.05, 3.63) is 24.2 Å². The number of alkyl halides is 1. The molecule has 0 spiro atoms. The summed E-state index contributed by atoms with van der Waals surface area (Å²) in [5.41, 5.74) is 0. The molecule has 0 N–H and O–H groups in total. The van der Waals surface area contributed by atoms with E-state index in [1.807, 2.05) is 12.1 Å². The number of hydrogen-bond donors (Lipinski definition) is 0. The van der Waals surface area contributed by atoms with Gasteiger partial charge in [0.2, 0.25) is 0 Å². The van der Waals surface area contributed by atoms with Gasteiger partial charge >= 0.3 is 0 Å². The van der Waals surface area contributed by atoms with Crippen LogP contribution in [0.25, 0.3) is 0 Å². The minimum Gasteiger partial charge on any atom is -0.467 e. The highest BCUT2D eigenvalue weighted by atomic mass is 79.9. The predicted octanol–water partition coefficient (Wildman–Crippen LogP) is 3.61. The molecule has 0 aliphatic carbocycles. The van der Waals surface area contributed by atoms with E-state index in [-0.39, 0.29) is 0 Å². The van der Waals surface area contributed by atoms with Gasteiger partial charge < -0.3 is 9.15 Å². The van der Waals surface area contributed by atoms with Crippen LogP contribution >= 0.6 is 15.9 Å². The molecule has 1 rings (SSSR count). The van der Waals surface area contributed by atoms with Gasteiger partial charge in [-0.3, -0.25) is 0 Å². The van der Waals surface area contributed by atoms with Crippen LogP contribution in [0.1, 0.15) is 25.5 Å². The maximum atomic E-state index is 5.56. The molecule has 1 heterocycles. The Hall–Kier alpha value is -0.280. The molecule has 3 heteroatoms. The van der Waals surface area contributed by atoms with Gasteiger partial charge in [0, 0.05) is 5.33 Å². The van der Waals surface area contributed by atoms with Crippen LogP contribution in [0.4, 0.5) is 0 Å². The lowest BCUT2D eigenvalue weighted by Gasteiger charge is -2.12. The molecule has 2 nitrogen and oxygen atoms in total. The number of hydrogen-bond acceptors (Lipinski definition) is 2. The molecule has 0 bridgehead atoms. The Morgan fingerprint density at radius 1 is 1.57 bits per heavy atom. The van der Waals surface area contributed by atoms with Crippen molar-refractivity contribution < 1.29 is 9.15 Å². The molecule has 80 valence electrons. The summed E-state index contributed by atoms with van der Waals surface area (Å²) in [6, 6.07) is 3.82. The highest BCUT2D eigenvalue weighted by Crippen LogP contribution is 2.11. The van der Waals surface area contributed by atoms with E-state index >= 15 is 0 Å². The van der Waals surface area contributed by atoms with Gasteiger partial charge in [0.15, 0.2) is 0 Å². The van der Waals surface area contributed by atoms with E-state index in [0.717, 1.165) is 17.7 Å². The van der Waals surface area contributed by atoms with E-state index in [1.165, 1.54) is 12.8 Å². The van der Waals surface area contributed by atoms with Crippen molar-refractivity contribution in [3.63, 3.8) is 0 Å². The van der Waals surface area contributed by atoms with Crippen LogP contribution in [0, 0.1) is 5.92 Å². The first-order valence-electron chi connectivity index (χ1n) is 5.03. The van der Waals surface area contributed by atoms with Crippen molar-refractivity contribution in [1.29, 1.82) is 0 Å². The molecule has 1 aromatic heterocycles. The second kappa shape index (κ2) is 7.07. The summed E-state index contributed by atoms with van der Waals surface area (Å²) < 4.78 is 10.7. The molecule has 1 unspecified atom stereocenters. The summed E-state index contributed by atoms with van der Waals surface area (Å²) >= 11 is 3.49. The van der Waals surface area contributed by atoms with E-state index in [2.05, 4.69) is 22.9 Å². The third-order valence-electron chi connectivity index (χ3n) is 2.09. The molecule has 0 aliphatic rings. The summed E-state index contributed by atoms with van der Waals surface area (Å²) in [6.07, 6.45) is 4.09. The van der Waals surface area contributed by atoms with Crippen LogP contribution in [0.2, 0.25) is 0 Å². The van der Waals surface area contributed by atoms with E-state index in [0.29, 0.717) is 12.5 Å². The van der Waals surface area contributed by atoms with E-state index in [9.17, 15) is 0 Å². The first-order chi connectivity index (χ1) is 6.86. The first kappa shape index (κ1) is 11.8.